The third-order valence-electron chi connectivity index (χ3n) is 3.02. The molecule has 0 aliphatic rings. The maximum Gasteiger partial charge on any atom is 0.181 e. The average molecular weight is 331 g/mol. The van der Waals surface area contributed by atoms with Gasteiger partial charge < -0.3 is 16.2 Å². The summed E-state index contributed by atoms with van der Waals surface area (Å²) in [5.41, 5.74) is 12.5. The van der Waals surface area contributed by atoms with Gasteiger partial charge in [0.25, 0.3) is 0 Å². The van der Waals surface area contributed by atoms with Crippen LogP contribution in [0.3, 0.4) is 0 Å². The summed E-state index contributed by atoms with van der Waals surface area (Å²) in [6.07, 6.45) is 0.625. The SMILES string of the molecule is CC[C@@H](N)c1ccc(Cl)c(Oc2ccc(N)cc2)c1F.Cl. The highest BCUT2D eigenvalue weighted by atomic mass is 35.5. The van der Waals surface area contributed by atoms with Crippen LogP contribution < -0.4 is 16.2 Å². The Balaban J connectivity index is 0.00000220. The van der Waals surface area contributed by atoms with Crippen LogP contribution in [-0.4, -0.2) is 0 Å². The number of nitrogens with two attached hydrogens (primary N) is 2. The number of nitrogen functional groups attached to an aromatic ring is 1. The van der Waals surface area contributed by atoms with Crippen molar-refractivity contribution in [3.05, 3.63) is 52.8 Å². The van der Waals surface area contributed by atoms with Gasteiger partial charge in [0.05, 0.1) is 5.02 Å². The molecule has 2 rings (SSSR count). The van der Waals surface area contributed by atoms with E-state index in [1.54, 1.807) is 36.4 Å². The number of anilines is 1. The van der Waals surface area contributed by atoms with Crippen LogP contribution in [0.1, 0.15) is 24.9 Å². The molecule has 21 heavy (non-hydrogen) atoms. The maximum absolute atomic E-state index is 14.4. The largest absolute Gasteiger partial charge is 0.453 e. The lowest BCUT2D eigenvalue weighted by molar-refractivity contribution is 0.434. The molecule has 114 valence electrons. The van der Waals surface area contributed by atoms with E-state index in [4.69, 9.17) is 27.8 Å². The van der Waals surface area contributed by atoms with Crippen molar-refractivity contribution in [1.29, 1.82) is 0 Å². The van der Waals surface area contributed by atoms with E-state index >= 15 is 0 Å². The van der Waals surface area contributed by atoms with E-state index in [0.717, 1.165) is 0 Å². The summed E-state index contributed by atoms with van der Waals surface area (Å²) in [5, 5.41) is 0.200. The monoisotopic (exact) mass is 330 g/mol. The van der Waals surface area contributed by atoms with Crippen LogP contribution in [0.5, 0.6) is 11.5 Å². The number of hydrogen-bond donors (Lipinski definition) is 2. The minimum Gasteiger partial charge on any atom is -0.453 e. The van der Waals surface area contributed by atoms with Crippen molar-refractivity contribution in [2.24, 2.45) is 5.73 Å². The van der Waals surface area contributed by atoms with E-state index in [1.165, 1.54) is 0 Å². The summed E-state index contributed by atoms with van der Waals surface area (Å²) in [4.78, 5) is 0. The molecule has 4 N–H and O–H groups in total. The quantitative estimate of drug-likeness (QED) is 0.799. The fraction of sp³-hybridized carbons (Fsp3) is 0.200. The molecule has 0 bridgehead atoms. The minimum atomic E-state index is -0.524. The first-order valence-corrected chi connectivity index (χ1v) is 6.67. The van der Waals surface area contributed by atoms with Crippen molar-refractivity contribution in [3.63, 3.8) is 0 Å². The van der Waals surface area contributed by atoms with Gasteiger partial charge in [-0.05, 0) is 36.8 Å². The van der Waals surface area contributed by atoms with Crippen LogP contribution in [0, 0.1) is 5.82 Å². The summed E-state index contributed by atoms with van der Waals surface area (Å²) >= 11 is 6.00. The molecular formula is C15H17Cl2FN2O. The van der Waals surface area contributed by atoms with E-state index < -0.39 is 5.82 Å². The summed E-state index contributed by atoms with van der Waals surface area (Å²) in [5.74, 6) is -0.0799. The van der Waals surface area contributed by atoms with E-state index in [0.29, 0.717) is 23.4 Å². The molecule has 6 heteroatoms. The van der Waals surface area contributed by atoms with Crippen LogP contribution in [0.25, 0.3) is 0 Å². The first-order valence-electron chi connectivity index (χ1n) is 6.29. The van der Waals surface area contributed by atoms with Crippen molar-refractivity contribution in [3.8, 4) is 11.5 Å². The molecule has 0 aliphatic heterocycles. The van der Waals surface area contributed by atoms with Crippen molar-refractivity contribution >= 4 is 29.7 Å². The molecule has 0 radical (unpaired) electrons. The first-order chi connectivity index (χ1) is 9.52. The van der Waals surface area contributed by atoms with E-state index in [9.17, 15) is 4.39 Å². The van der Waals surface area contributed by atoms with Crippen molar-refractivity contribution in [1.82, 2.24) is 0 Å². The number of ether oxygens (including phenoxy) is 1. The Labute approximate surface area is 134 Å². The van der Waals surface area contributed by atoms with Gasteiger partial charge in [-0.2, -0.15) is 0 Å². The smallest absolute Gasteiger partial charge is 0.181 e. The Morgan fingerprint density at radius 3 is 2.38 bits per heavy atom. The number of halogens is 3. The molecule has 0 heterocycles. The number of rotatable bonds is 4. The molecule has 0 saturated carbocycles. The van der Waals surface area contributed by atoms with Crippen LogP contribution in [-0.2, 0) is 0 Å². The van der Waals surface area contributed by atoms with Crippen molar-refractivity contribution in [2.75, 3.05) is 5.73 Å². The summed E-state index contributed by atoms with van der Waals surface area (Å²) in [6, 6.07) is 9.42. The van der Waals surface area contributed by atoms with Gasteiger partial charge in [0.15, 0.2) is 11.6 Å². The van der Waals surface area contributed by atoms with E-state index in [-0.39, 0.29) is 29.2 Å². The zero-order valence-corrected chi connectivity index (χ0v) is 13.0. The molecule has 2 aromatic rings. The van der Waals surface area contributed by atoms with Gasteiger partial charge in [-0.15, -0.1) is 12.4 Å². The molecule has 0 saturated heterocycles. The lowest BCUT2D eigenvalue weighted by Crippen LogP contribution is -2.11. The normalized spacial score (nSPS) is 11.6. The molecule has 0 unspecified atom stereocenters. The molecule has 0 aliphatic carbocycles. The summed E-state index contributed by atoms with van der Waals surface area (Å²) in [6.45, 7) is 1.89. The predicted octanol–water partition coefficient (Wildman–Crippen LogP) is 4.69. The molecule has 0 amide bonds. The number of benzene rings is 2. The lowest BCUT2D eigenvalue weighted by Gasteiger charge is -2.15. The van der Waals surface area contributed by atoms with Gasteiger partial charge in [0, 0.05) is 17.3 Å². The predicted molar refractivity (Wildman–Crippen MR) is 86.8 cm³/mol. The second kappa shape index (κ2) is 7.50. The highest BCUT2D eigenvalue weighted by Gasteiger charge is 2.18. The minimum absolute atomic E-state index is 0. The zero-order valence-electron chi connectivity index (χ0n) is 11.5. The van der Waals surface area contributed by atoms with Gasteiger partial charge in [0.2, 0.25) is 0 Å². The first kappa shape index (κ1) is 17.6. The van der Waals surface area contributed by atoms with Gasteiger partial charge in [-0.1, -0.05) is 24.6 Å². The Hall–Kier alpha value is -1.49. The molecule has 0 spiro atoms. The van der Waals surface area contributed by atoms with E-state index in [1.807, 2.05) is 6.92 Å². The summed E-state index contributed by atoms with van der Waals surface area (Å²) in [7, 11) is 0. The molecule has 0 fully saturated rings. The topological polar surface area (TPSA) is 61.3 Å². The maximum atomic E-state index is 14.4. The van der Waals surface area contributed by atoms with Crippen LogP contribution in [0.2, 0.25) is 5.02 Å². The fourth-order valence-corrected chi connectivity index (χ4v) is 1.99. The van der Waals surface area contributed by atoms with Gasteiger partial charge >= 0.3 is 0 Å². The molecule has 0 aromatic heterocycles. The molecule has 2 aromatic carbocycles. The standard InChI is InChI=1S/C15H16ClFN2O.ClH/c1-2-13(19)11-7-8-12(16)15(14(11)17)20-10-5-3-9(18)4-6-10;/h3-8,13H,2,18-19H2,1H3;1H/t13-;/m1./s1. The third kappa shape index (κ3) is 4.00. The van der Waals surface area contributed by atoms with Gasteiger partial charge in [-0.3, -0.25) is 0 Å². The van der Waals surface area contributed by atoms with Crippen LogP contribution >= 0.6 is 24.0 Å². The number of hydrogen-bond acceptors (Lipinski definition) is 3. The van der Waals surface area contributed by atoms with Crippen molar-refractivity contribution in [2.45, 2.75) is 19.4 Å². The second-order valence-electron chi connectivity index (χ2n) is 4.47. The highest BCUT2D eigenvalue weighted by Crippen LogP contribution is 2.36. The zero-order chi connectivity index (χ0) is 14.7. The fourth-order valence-electron chi connectivity index (χ4n) is 1.80. The second-order valence-corrected chi connectivity index (χ2v) is 4.87. The Bertz CT molecular complexity index is 605. The van der Waals surface area contributed by atoms with Gasteiger partial charge in [0.1, 0.15) is 5.75 Å². The van der Waals surface area contributed by atoms with Crippen molar-refractivity contribution < 1.29 is 9.13 Å². The van der Waals surface area contributed by atoms with Crippen LogP contribution in [0.4, 0.5) is 10.1 Å². The molecule has 3 nitrogen and oxygen atoms in total. The van der Waals surface area contributed by atoms with Gasteiger partial charge in [-0.25, -0.2) is 4.39 Å². The average Bonchev–Trinajstić information content (AvgIpc) is 2.45. The Morgan fingerprint density at radius 1 is 1.19 bits per heavy atom. The molecule has 1 atom stereocenters. The van der Waals surface area contributed by atoms with E-state index in [2.05, 4.69) is 0 Å². The van der Waals surface area contributed by atoms with Crippen LogP contribution in [0.15, 0.2) is 36.4 Å². The Morgan fingerprint density at radius 2 is 1.81 bits per heavy atom. The lowest BCUT2D eigenvalue weighted by atomic mass is 10.0. The summed E-state index contributed by atoms with van der Waals surface area (Å²) < 4.78 is 19.9. The third-order valence-corrected chi connectivity index (χ3v) is 3.32. The highest BCUT2D eigenvalue weighted by molar-refractivity contribution is 6.32. The molecular weight excluding hydrogens is 314 g/mol. The Kier molecular flexibility index (Phi) is 6.27.